The number of ether oxygens (including phenoxy) is 8. The predicted octanol–water partition coefficient (Wildman–Crippen LogP) is 14.2. The molecule has 4 saturated heterocycles. The summed E-state index contributed by atoms with van der Waals surface area (Å²) < 4.78 is 46.5. The summed E-state index contributed by atoms with van der Waals surface area (Å²) in [6.07, 6.45) is 42.0. The van der Waals surface area contributed by atoms with Crippen LogP contribution in [0.25, 0.3) is 0 Å². The molecular formula is C58H104O11. The van der Waals surface area contributed by atoms with Gasteiger partial charge in [0.25, 0.3) is 0 Å². The molecule has 0 aromatic rings. The maximum absolute atomic E-state index is 12.9. The van der Waals surface area contributed by atoms with Crippen LogP contribution in [0.1, 0.15) is 265 Å². The number of carbonyl (C=O) groups is 3. The van der Waals surface area contributed by atoms with Gasteiger partial charge in [0.05, 0.1) is 55.9 Å². The Labute approximate surface area is 421 Å². The Kier molecular flexibility index (Phi) is 32.8. The zero-order valence-electron chi connectivity index (χ0n) is 44.8. The van der Waals surface area contributed by atoms with Gasteiger partial charge in [-0.1, -0.05) is 175 Å². The largest absolute Gasteiger partial charge is 0.462 e. The lowest BCUT2D eigenvalue weighted by molar-refractivity contribution is -0.167. The maximum Gasteiger partial charge on any atom is 0.306 e. The lowest BCUT2D eigenvalue weighted by Gasteiger charge is -2.37. The lowest BCUT2D eigenvalue weighted by atomic mass is 9.88. The van der Waals surface area contributed by atoms with E-state index >= 15 is 0 Å². The molecule has 402 valence electrons. The second-order valence-electron chi connectivity index (χ2n) is 21.6. The fourth-order valence-corrected chi connectivity index (χ4v) is 10.2. The molecule has 10 unspecified atom stereocenters. The summed E-state index contributed by atoms with van der Waals surface area (Å²) in [5.41, 5.74) is 0. The van der Waals surface area contributed by atoms with Crippen molar-refractivity contribution in [1.29, 1.82) is 0 Å². The summed E-state index contributed by atoms with van der Waals surface area (Å²) in [5.74, 6) is -0.281. The molecule has 0 amide bonds. The Morgan fingerprint density at radius 3 is 1.36 bits per heavy atom. The van der Waals surface area contributed by atoms with Gasteiger partial charge in [-0.05, 0) is 71.1 Å². The van der Waals surface area contributed by atoms with Gasteiger partial charge in [0.1, 0.15) is 19.3 Å². The smallest absolute Gasteiger partial charge is 0.306 e. The summed E-state index contributed by atoms with van der Waals surface area (Å²) in [4.78, 5) is 38.4. The van der Waals surface area contributed by atoms with Gasteiger partial charge in [-0.2, -0.15) is 0 Å². The normalized spacial score (nSPS) is 24.3. The molecule has 0 bridgehead atoms. The molecule has 0 aromatic carbocycles. The van der Waals surface area contributed by atoms with E-state index < -0.39 is 6.10 Å². The topological polar surface area (TPSA) is 135 Å². The predicted molar refractivity (Wildman–Crippen MR) is 274 cm³/mol. The number of esters is 3. The van der Waals surface area contributed by atoms with Gasteiger partial charge in [-0.25, -0.2) is 0 Å². The molecule has 4 aliphatic heterocycles. The molecule has 0 radical (unpaired) electrons. The standard InChI is InChI=1S/C58H104O11/c1-5-8-11-12-16-25-34-50-51(67-50)35-26-17-13-20-29-38-56(59)64-43-48(44-65-57(60)39-30-21-14-19-28-37-53-55(69-53)45-62-46(4)32-23-9-6-2)66-58(61)40-31-22-15-18-27-36-52-54(68-52)41-47-42-63-49(47)33-24-10-7-3/h46-55H,5-45H2,1-4H3. The van der Waals surface area contributed by atoms with Gasteiger partial charge in [0.15, 0.2) is 6.10 Å². The summed E-state index contributed by atoms with van der Waals surface area (Å²) in [7, 11) is 0. The fraction of sp³-hybridized carbons (Fsp3) is 0.948. The highest BCUT2D eigenvalue weighted by molar-refractivity contribution is 5.71. The van der Waals surface area contributed by atoms with Crippen molar-refractivity contribution in [2.45, 2.75) is 320 Å². The second kappa shape index (κ2) is 37.9. The Morgan fingerprint density at radius 2 is 0.841 bits per heavy atom. The maximum atomic E-state index is 12.9. The van der Waals surface area contributed by atoms with Gasteiger partial charge in [0, 0.05) is 25.2 Å². The third-order valence-electron chi connectivity index (χ3n) is 15.1. The van der Waals surface area contributed by atoms with E-state index in [1.807, 2.05) is 0 Å². The van der Waals surface area contributed by atoms with E-state index in [2.05, 4.69) is 27.7 Å². The van der Waals surface area contributed by atoms with Crippen LogP contribution in [0.4, 0.5) is 0 Å². The third kappa shape index (κ3) is 29.5. The van der Waals surface area contributed by atoms with Crippen molar-refractivity contribution in [2.75, 3.05) is 26.4 Å². The molecular weight excluding hydrogens is 873 g/mol. The molecule has 0 aromatic heterocycles. The molecule has 4 heterocycles. The van der Waals surface area contributed by atoms with E-state index in [9.17, 15) is 14.4 Å². The number of carbonyl (C=O) groups excluding carboxylic acids is 3. The van der Waals surface area contributed by atoms with E-state index in [4.69, 9.17) is 37.9 Å². The fourth-order valence-electron chi connectivity index (χ4n) is 10.2. The van der Waals surface area contributed by atoms with Crippen LogP contribution in [0, 0.1) is 5.92 Å². The van der Waals surface area contributed by atoms with Crippen LogP contribution in [0.15, 0.2) is 0 Å². The number of hydrogen-bond acceptors (Lipinski definition) is 11. The first-order valence-corrected chi connectivity index (χ1v) is 29.5. The zero-order chi connectivity index (χ0) is 49.2. The summed E-state index contributed by atoms with van der Waals surface area (Å²) in [5, 5.41) is 0. The van der Waals surface area contributed by atoms with E-state index in [-0.39, 0.29) is 37.2 Å². The highest BCUT2D eigenvalue weighted by Crippen LogP contribution is 2.38. The molecule has 4 fully saturated rings. The lowest BCUT2D eigenvalue weighted by Crippen LogP contribution is -2.40. The van der Waals surface area contributed by atoms with Crippen molar-refractivity contribution < 1.29 is 52.3 Å². The van der Waals surface area contributed by atoms with Gasteiger partial charge in [-0.15, -0.1) is 0 Å². The molecule has 0 aliphatic carbocycles. The van der Waals surface area contributed by atoms with Gasteiger partial charge in [0.2, 0.25) is 0 Å². The quantitative estimate of drug-likeness (QED) is 0.0249. The molecule has 11 heteroatoms. The molecule has 69 heavy (non-hydrogen) atoms. The molecule has 4 rings (SSSR count). The van der Waals surface area contributed by atoms with Crippen LogP contribution >= 0.6 is 0 Å². The molecule has 11 nitrogen and oxygen atoms in total. The Balaban J connectivity index is 1.02. The van der Waals surface area contributed by atoms with Crippen molar-refractivity contribution in [3.8, 4) is 0 Å². The highest BCUT2D eigenvalue weighted by Gasteiger charge is 2.44. The summed E-state index contributed by atoms with van der Waals surface area (Å²) in [6.45, 7) is 10.3. The van der Waals surface area contributed by atoms with E-state index in [1.165, 1.54) is 96.3 Å². The van der Waals surface area contributed by atoms with Crippen molar-refractivity contribution >= 4 is 17.9 Å². The van der Waals surface area contributed by atoms with Crippen molar-refractivity contribution in [3.63, 3.8) is 0 Å². The Morgan fingerprint density at radius 1 is 0.449 bits per heavy atom. The number of hydrogen-bond donors (Lipinski definition) is 0. The first-order valence-electron chi connectivity index (χ1n) is 29.5. The molecule has 0 spiro atoms. The highest BCUT2D eigenvalue weighted by atomic mass is 16.6. The monoisotopic (exact) mass is 977 g/mol. The Hall–Kier alpha value is -1.79. The average Bonchev–Trinajstić information content (AvgIpc) is 4.28. The van der Waals surface area contributed by atoms with Crippen molar-refractivity contribution in [3.05, 3.63) is 0 Å². The summed E-state index contributed by atoms with van der Waals surface area (Å²) in [6, 6.07) is 0. The van der Waals surface area contributed by atoms with Gasteiger partial charge in [-0.3, -0.25) is 14.4 Å². The van der Waals surface area contributed by atoms with Crippen LogP contribution in [-0.2, 0) is 52.3 Å². The zero-order valence-corrected chi connectivity index (χ0v) is 44.8. The van der Waals surface area contributed by atoms with E-state index in [0.717, 1.165) is 129 Å². The van der Waals surface area contributed by atoms with E-state index in [1.54, 1.807) is 0 Å². The minimum atomic E-state index is -0.812. The number of unbranched alkanes of at least 4 members (excludes halogenated alkanes) is 21. The van der Waals surface area contributed by atoms with Crippen LogP contribution in [-0.4, -0.2) is 99.3 Å². The van der Waals surface area contributed by atoms with Gasteiger partial charge >= 0.3 is 17.9 Å². The van der Waals surface area contributed by atoms with Gasteiger partial charge < -0.3 is 37.9 Å². The molecule has 0 N–H and O–H groups in total. The minimum absolute atomic E-state index is 0.105. The SMILES string of the molecule is CCCCCCCCC1OC1CCCCCCCC(=O)OCC(COC(=O)CCCCCCCC1OC1COC(C)CCCCC)OC(=O)CCCCCCCC1OC1CC1COC1CCCCC. The third-order valence-corrected chi connectivity index (χ3v) is 15.1. The first-order chi connectivity index (χ1) is 33.8. The van der Waals surface area contributed by atoms with E-state index in [0.29, 0.717) is 74.5 Å². The molecule has 0 saturated carbocycles. The average molecular weight is 977 g/mol. The minimum Gasteiger partial charge on any atom is -0.462 e. The molecule has 10 atom stereocenters. The van der Waals surface area contributed by atoms with Crippen molar-refractivity contribution in [2.24, 2.45) is 5.92 Å². The summed E-state index contributed by atoms with van der Waals surface area (Å²) >= 11 is 0. The molecule has 4 aliphatic rings. The second-order valence-corrected chi connectivity index (χ2v) is 21.6. The van der Waals surface area contributed by atoms with Crippen molar-refractivity contribution in [1.82, 2.24) is 0 Å². The van der Waals surface area contributed by atoms with Crippen LogP contribution < -0.4 is 0 Å². The van der Waals surface area contributed by atoms with Crippen LogP contribution in [0.3, 0.4) is 0 Å². The first kappa shape index (κ1) is 59.8. The Bertz CT molecular complexity index is 1310. The number of epoxide rings is 3. The van der Waals surface area contributed by atoms with Crippen LogP contribution in [0.2, 0.25) is 0 Å². The van der Waals surface area contributed by atoms with Crippen LogP contribution in [0.5, 0.6) is 0 Å². The number of rotatable bonds is 49.